The molecule has 0 radical (unpaired) electrons. The number of amides is 1. The minimum atomic E-state index is 0. The molecule has 1 saturated heterocycles. The third kappa shape index (κ3) is 4.00. The van der Waals surface area contributed by atoms with Crippen molar-refractivity contribution in [3.63, 3.8) is 0 Å². The number of likely N-dealkylation sites (N-methyl/N-ethyl adjacent to an activating group) is 1. The van der Waals surface area contributed by atoms with Crippen molar-refractivity contribution in [2.75, 3.05) is 19.6 Å². The van der Waals surface area contributed by atoms with E-state index in [1.165, 1.54) is 19.4 Å². The first kappa shape index (κ1) is 12.8. The van der Waals surface area contributed by atoms with E-state index in [2.05, 4.69) is 17.1 Å². The third-order valence-electron chi connectivity index (χ3n) is 2.49. The van der Waals surface area contributed by atoms with Crippen LogP contribution in [0, 0.1) is 0 Å². The van der Waals surface area contributed by atoms with Crippen LogP contribution in [0.5, 0.6) is 0 Å². The highest BCUT2D eigenvalue weighted by Crippen LogP contribution is 2.15. The molecular weight excluding hydrogens is 184 g/mol. The number of nitrogens with zero attached hydrogens (tertiary/aromatic N) is 1. The Bertz CT molecular complexity index is 164. The summed E-state index contributed by atoms with van der Waals surface area (Å²) in [5, 5.41) is 2.87. The van der Waals surface area contributed by atoms with Gasteiger partial charge in [0.15, 0.2) is 0 Å². The van der Waals surface area contributed by atoms with E-state index in [1.54, 1.807) is 6.92 Å². The number of carbonyl (C=O) groups excluding carboxylic acids is 1. The monoisotopic (exact) mass is 204 g/mol. The van der Waals surface area contributed by atoms with Crippen LogP contribution in [-0.2, 0) is 4.79 Å². The Hall–Kier alpha value is -0.220. The lowest BCUT2D eigenvalue weighted by Gasteiger charge is -2.22. The summed E-state index contributed by atoms with van der Waals surface area (Å²) in [6.45, 7) is 6.87. The summed E-state index contributed by atoms with van der Waals surface area (Å²) in [5.74, 6) is 0.0814. The van der Waals surface area contributed by atoms with Crippen LogP contribution in [0.2, 0.25) is 0 Å². The molecule has 0 aliphatic carbocycles. The summed E-state index contributed by atoms with van der Waals surface area (Å²) < 4.78 is 0. The Morgan fingerprint density at radius 1 is 1.62 bits per heavy atom. The summed E-state index contributed by atoms with van der Waals surface area (Å²) in [6, 6.07) is 0.582. The Morgan fingerprint density at radius 2 is 2.31 bits per heavy atom. The van der Waals surface area contributed by atoms with E-state index < -0.39 is 0 Å². The van der Waals surface area contributed by atoms with E-state index in [9.17, 15) is 4.79 Å². The van der Waals surface area contributed by atoms with Crippen molar-refractivity contribution >= 4 is 19.4 Å². The van der Waals surface area contributed by atoms with Gasteiger partial charge in [0.2, 0.25) is 5.91 Å². The van der Waals surface area contributed by atoms with Gasteiger partial charge in [-0.15, -0.1) is 0 Å². The summed E-state index contributed by atoms with van der Waals surface area (Å²) >= 11 is 0. The SMILES string of the molecule is CCN1CCCC1CNC(C)=O.S. The molecule has 1 unspecified atom stereocenters. The number of hydrogen-bond acceptors (Lipinski definition) is 2. The second-order valence-electron chi connectivity index (χ2n) is 3.36. The maximum absolute atomic E-state index is 10.7. The van der Waals surface area contributed by atoms with E-state index in [4.69, 9.17) is 0 Å². The zero-order valence-electron chi connectivity index (χ0n) is 8.47. The van der Waals surface area contributed by atoms with Gasteiger partial charge in [-0.2, -0.15) is 13.5 Å². The van der Waals surface area contributed by atoms with Crippen molar-refractivity contribution in [2.24, 2.45) is 0 Å². The molecular formula is C9H20N2OS. The van der Waals surface area contributed by atoms with Gasteiger partial charge in [-0.25, -0.2) is 0 Å². The largest absolute Gasteiger partial charge is 0.355 e. The molecule has 0 aromatic rings. The van der Waals surface area contributed by atoms with Crippen molar-refractivity contribution in [1.82, 2.24) is 10.2 Å². The summed E-state index contributed by atoms with van der Waals surface area (Å²) in [4.78, 5) is 13.1. The fraction of sp³-hybridized carbons (Fsp3) is 0.889. The van der Waals surface area contributed by atoms with E-state index in [0.717, 1.165) is 13.1 Å². The second-order valence-corrected chi connectivity index (χ2v) is 3.36. The molecule has 13 heavy (non-hydrogen) atoms. The standard InChI is InChI=1S/C9H18N2O.H2S/c1-3-11-6-4-5-9(11)7-10-8(2)12;/h9H,3-7H2,1-2H3,(H,10,12);1H2. The summed E-state index contributed by atoms with van der Waals surface area (Å²) in [6.07, 6.45) is 2.51. The van der Waals surface area contributed by atoms with Gasteiger partial charge in [-0.3, -0.25) is 9.69 Å². The Morgan fingerprint density at radius 3 is 2.85 bits per heavy atom. The van der Waals surface area contributed by atoms with Crippen molar-refractivity contribution in [3.05, 3.63) is 0 Å². The van der Waals surface area contributed by atoms with Crippen LogP contribution >= 0.6 is 13.5 Å². The molecule has 1 rings (SSSR count). The van der Waals surface area contributed by atoms with E-state index in [1.807, 2.05) is 0 Å². The predicted molar refractivity (Wildman–Crippen MR) is 59.3 cm³/mol. The van der Waals surface area contributed by atoms with Crippen molar-refractivity contribution in [1.29, 1.82) is 0 Å². The van der Waals surface area contributed by atoms with Crippen LogP contribution in [0.3, 0.4) is 0 Å². The number of hydrogen-bond donors (Lipinski definition) is 1. The van der Waals surface area contributed by atoms with E-state index in [-0.39, 0.29) is 19.4 Å². The maximum atomic E-state index is 10.7. The molecule has 1 amide bonds. The van der Waals surface area contributed by atoms with Gasteiger partial charge in [0.25, 0.3) is 0 Å². The molecule has 1 fully saturated rings. The molecule has 4 heteroatoms. The lowest BCUT2D eigenvalue weighted by atomic mass is 10.2. The number of rotatable bonds is 3. The maximum Gasteiger partial charge on any atom is 0.216 e. The topological polar surface area (TPSA) is 32.3 Å². The van der Waals surface area contributed by atoms with Gasteiger partial charge in [-0.05, 0) is 25.9 Å². The molecule has 78 valence electrons. The molecule has 0 aromatic carbocycles. The first-order chi connectivity index (χ1) is 5.74. The van der Waals surface area contributed by atoms with Crippen molar-refractivity contribution in [3.8, 4) is 0 Å². The van der Waals surface area contributed by atoms with Crippen LogP contribution in [0.25, 0.3) is 0 Å². The highest BCUT2D eigenvalue weighted by molar-refractivity contribution is 7.59. The lowest BCUT2D eigenvalue weighted by Crippen LogP contribution is -2.39. The van der Waals surface area contributed by atoms with E-state index >= 15 is 0 Å². The lowest BCUT2D eigenvalue weighted by molar-refractivity contribution is -0.119. The van der Waals surface area contributed by atoms with Gasteiger partial charge >= 0.3 is 0 Å². The summed E-state index contributed by atoms with van der Waals surface area (Å²) in [5.41, 5.74) is 0. The fourth-order valence-electron chi connectivity index (χ4n) is 1.80. The third-order valence-corrected chi connectivity index (χ3v) is 2.49. The first-order valence-corrected chi connectivity index (χ1v) is 4.72. The molecule has 1 aliphatic rings. The normalized spacial score (nSPS) is 22.5. The molecule has 0 saturated carbocycles. The van der Waals surface area contributed by atoms with Crippen LogP contribution in [-0.4, -0.2) is 36.5 Å². The minimum absolute atomic E-state index is 0. The highest BCUT2D eigenvalue weighted by atomic mass is 32.1. The summed E-state index contributed by atoms with van der Waals surface area (Å²) in [7, 11) is 0. The minimum Gasteiger partial charge on any atom is -0.355 e. The first-order valence-electron chi connectivity index (χ1n) is 4.72. The van der Waals surface area contributed by atoms with Crippen LogP contribution in [0.4, 0.5) is 0 Å². The molecule has 0 spiro atoms. The Labute approximate surface area is 87.3 Å². The average Bonchev–Trinajstić information content (AvgIpc) is 2.47. The molecule has 0 aromatic heterocycles. The van der Waals surface area contributed by atoms with Crippen molar-refractivity contribution < 1.29 is 4.79 Å². The van der Waals surface area contributed by atoms with Gasteiger partial charge in [-0.1, -0.05) is 6.92 Å². The van der Waals surface area contributed by atoms with Gasteiger partial charge in [0.1, 0.15) is 0 Å². The molecule has 1 aliphatic heterocycles. The van der Waals surface area contributed by atoms with Crippen LogP contribution in [0.15, 0.2) is 0 Å². The highest BCUT2D eigenvalue weighted by Gasteiger charge is 2.22. The molecule has 1 atom stereocenters. The number of carbonyl (C=O) groups is 1. The quantitative estimate of drug-likeness (QED) is 0.734. The Kier molecular flexibility index (Phi) is 6.16. The predicted octanol–water partition coefficient (Wildman–Crippen LogP) is 0.720. The molecule has 3 nitrogen and oxygen atoms in total. The van der Waals surface area contributed by atoms with Crippen molar-refractivity contribution in [2.45, 2.75) is 32.7 Å². The zero-order chi connectivity index (χ0) is 8.97. The smallest absolute Gasteiger partial charge is 0.216 e. The number of likely N-dealkylation sites (tertiary alicyclic amines) is 1. The van der Waals surface area contributed by atoms with Crippen LogP contribution in [0.1, 0.15) is 26.7 Å². The second kappa shape index (κ2) is 6.27. The van der Waals surface area contributed by atoms with Gasteiger partial charge in [0.05, 0.1) is 0 Å². The average molecular weight is 204 g/mol. The van der Waals surface area contributed by atoms with Gasteiger partial charge < -0.3 is 5.32 Å². The molecule has 1 N–H and O–H groups in total. The fourth-order valence-corrected chi connectivity index (χ4v) is 1.80. The molecule has 1 heterocycles. The van der Waals surface area contributed by atoms with Gasteiger partial charge in [0, 0.05) is 19.5 Å². The zero-order valence-corrected chi connectivity index (χ0v) is 9.47. The van der Waals surface area contributed by atoms with Crippen LogP contribution < -0.4 is 5.32 Å². The Balaban J connectivity index is 0.00000144. The molecule has 0 bridgehead atoms. The number of nitrogens with one attached hydrogen (secondary N) is 1. The van der Waals surface area contributed by atoms with E-state index in [0.29, 0.717) is 6.04 Å².